The van der Waals surface area contributed by atoms with E-state index in [1.54, 1.807) is 12.1 Å². The Morgan fingerprint density at radius 3 is 2.66 bits per heavy atom. The molecule has 0 saturated carbocycles. The lowest BCUT2D eigenvalue weighted by molar-refractivity contribution is -0.144. The number of fused-ring (bicyclic) bond motifs is 1. The van der Waals surface area contributed by atoms with Crippen LogP contribution in [0.25, 0.3) is 21.3 Å². The first-order valence-corrected chi connectivity index (χ1v) is 12.9. The number of carbonyl (C=O) groups is 1. The summed E-state index contributed by atoms with van der Waals surface area (Å²) in [6, 6.07) is 4.53. The lowest BCUT2D eigenvalue weighted by Gasteiger charge is -2.42. The van der Waals surface area contributed by atoms with Gasteiger partial charge in [-0.15, -0.1) is 11.3 Å². The Morgan fingerprint density at radius 2 is 2.03 bits per heavy atom. The number of likely N-dealkylation sites (tertiary alicyclic amines) is 1. The van der Waals surface area contributed by atoms with Crippen molar-refractivity contribution in [2.45, 2.75) is 33.0 Å². The van der Waals surface area contributed by atoms with Gasteiger partial charge in [-0.3, -0.25) is 19.1 Å². The summed E-state index contributed by atoms with van der Waals surface area (Å²) in [7, 11) is 0. The van der Waals surface area contributed by atoms with E-state index >= 15 is 0 Å². The molecule has 0 aliphatic carbocycles. The van der Waals surface area contributed by atoms with Crippen LogP contribution in [-0.4, -0.2) is 63.7 Å². The summed E-state index contributed by atoms with van der Waals surface area (Å²) in [5, 5.41) is 0.329. The number of carbonyl (C=O) groups excluding carboxylic acids is 1. The maximum Gasteiger partial charge on any atom is 0.263 e. The molecular formula is C25H25BrF2N4O2S. The molecule has 184 valence electrons. The second-order valence-corrected chi connectivity index (χ2v) is 10.6. The Morgan fingerprint density at radius 1 is 1.31 bits per heavy atom. The van der Waals surface area contributed by atoms with E-state index in [0.717, 1.165) is 13.1 Å². The molecular weight excluding hydrogens is 538 g/mol. The number of hydrogen-bond acceptors (Lipinski definition) is 5. The smallest absolute Gasteiger partial charge is 0.263 e. The Bertz CT molecular complexity index is 1390. The van der Waals surface area contributed by atoms with Crippen LogP contribution < -0.4 is 5.56 Å². The summed E-state index contributed by atoms with van der Waals surface area (Å²) in [6.07, 6.45) is 1.34. The zero-order valence-corrected chi connectivity index (χ0v) is 22.1. The Balaban J connectivity index is 1.79. The summed E-state index contributed by atoms with van der Waals surface area (Å²) in [5.41, 5.74) is -0.596. The van der Waals surface area contributed by atoms with Crippen molar-refractivity contribution in [3.8, 4) is 23.0 Å². The summed E-state index contributed by atoms with van der Waals surface area (Å²) < 4.78 is 29.3. The van der Waals surface area contributed by atoms with E-state index in [-0.39, 0.29) is 30.0 Å². The van der Waals surface area contributed by atoms with Gasteiger partial charge in [0.15, 0.2) is 0 Å². The number of thiophene rings is 1. The molecule has 1 aromatic carbocycles. The molecule has 0 spiro atoms. The fraction of sp³-hybridized carbons (Fsp3) is 0.400. The number of aromatic nitrogens is 2. The highest BCUT2D eigenvalue weighted by atomic mass is 79.9. The van der Waals surface area contributed by atoms with Crippen molar-refractivity contribution in [2.75, 3.05) is 32.7 Å². The van der Waals surface area contributed by atoms with Crippen LogP contribution in [0.4, 0.5) is 8.78 Å². The highest BCUT2D eigenvalue weighted by molar-refractivity contribution is 9.10. The maximum atomic E-state index is 14.0. The average Bonchev–Trinajstić information content (AvgIpc) is 3.17. The number of hydrogen-bond donors (Lipinski definition) is 0. The lowest BCUT2D eigenvalue weighted by atomic mass is 9.99. The Hall–Kier alpha value is -2.61. The molecule has 1 amide bonds. The minimum atomic E-state index is -1.39. The molecule has 0 N–H and O–H groups in total. The molecule has 3 heterocycles. The summed E-state index contributed by atoms with van der Waals surface area (Å²) >= 11 is 4.51. The molecule has 0 atom stereocenters. The fourth-order valence-electron chi connectivity index (χ4n) is 4.00. The predicted molar refractivity (Wildman–Crippen MR) is 138 cm³/mol. The van der Waals surface area contributed by atoms with Crippen LogP contribution in [0.5, 0.6) is 0 Å². The van der Waals surface area contributed by atoms with E-state index in [1.807, 2.05) is 0 Å². The van der Waals surface area contributed by atoms with Gasteiger partial charge in [-0.2, -0.15) is 0 Å². The molecule has 2 aromatic heterocycles. The van der Waals surface area contributed by atoms with Crippen LogP contribution in [0.15, 0.2) is 33.8 Å². The monoisotopic (exact) mass is 562 g/mol. The molecule has 3 aromatic rings. The van der Waals surface area contributed by atoms with Crippen molar-refractivity contribution in [1.82, 2.24) is 19.4 Å². The van der Waals surface area contributed by atoms with Crippen LogP contribution >= 0.6 is 27.3 Å². The van der Waals surface area contributed by atoms with Gasteiger partial charge in [-0.05, 0) is 53.6 Å². The molecule has 1 fully saturated rings. The second-order valence-electron chi connectivity index (χ2n) is 8.72. The molecule has 10 heteroatoms. The first-order valence-electron chi connectivity index (χ1n) is 11.3. The largest absolute Gasteiger partial charge is 0.335 e. The Labute approximate surface area is 214 Å². The van der Waals surface area contributed by atoms with E-state index in [0.29, 0.717) is 32.8 Å². The van der Waals surface area contributed by atoms with Crippen molar-refractivity contribution in [3.05, 3.63) is 50.0 Å². The van der Waals surface area contributed by atoms with Crippen molar-refractivity contribution in [1.29, 1.82) is 0 Å². The van der Waals surface area contributed by atoms with Crippen LogP contribution in [0.3, 0.4) is 0 Å². The van der Waals surface area contributed by atoms with E-state index in [1.165, 1.54) is 40.1 Å². The van der Waals surface area contributed by atoms with Crippen molar-refractivity contribution < 1.29 is 13.6 Å². The van der Waals surface area contributed by atoms with Gasteiger partial charge in [0.1, 0.15) is 22.9 Å². The summed E-state index contributed by atoms with van der Waals surface area (Å²) in [6.45, 7) is 7.67. The second kappa shape index (κ2) is 10.2. The zero-order valence-electron chi connectivity index (χ0n) is 19.7. The average molecular weight is 563 g/mol. The van der Waals surface area contributed by atoms with Gasteiger partial charge in [0.05, 0.1) is 40.7 Å². The molecule has 0 radical (unpaired) electrons. The van der Waals surface area contributed by atoms with Gasteiger partial charge in [-0.1, -0.05) is 31.8 Å². The maximum absolute atomic E-state index is 14.0. The molecule has 1 aliphatic heterocycles. The number of nitrogens with zero attached hydrogens (tertiary/aromatic N) is 4. The zero-order chi connectivity index (χ0) is 25.3. The molecule has 1 aliphatic rings. The predicted octanol–water partition coefficient (Wildman–Crippen LogP) is 4.29. The standard InChI is InChI=1S/C25H25BrF2N4O2S/c1-4-30(5-2)10-6-7-19-21(16-8-9-18(27)17(26)11-16)22-23(35-19)29-15-31(24(22)34)12-20(33)32-13-25(3,28)14-32/h8-9,11,15H,4-5,10,12-14H2,1-3H3. The van der Waals surface area contributed by atoms with Crippen LogP contribution in [0.2, 0.25) is 0 Å². The highest BCUT2D eigenvalue weighted by Crippen LogP contribution is 2.37. The number of benzene rings is 1. The van der Waals surface area contributed by atoms with Gasteiger partial charge >= 0.3 is 0 Å². The third-order valence-electron chi connectivity index (χ3n) is 5.99. The molecule has 0 bridgehead atoms. The topological polar surface area (TPSA) is 58.4 Å². The first kappa shape index (κ1) is 25.5. The minimum absolute atomic E-state index is 0.00976. The van der Waals surface area contributed by atoms with E-state index in [9.17, 15) is 18.4 Å². The van der Waals surface area contributed by atoms with Crippen LogP contribution in [0.1, 0.15) is 25.6 Å². The fourth-order valence-corrected chi connectivity index (χ4v) is 5.41. The van der Waals surface area contributed by atoms with Crippen molar-refractivity contribution >= 4 is 43.4 Å². The van der Waals surface area contributed by atoms with Gasteiger partial charge in [0.2, 0.25) is 5.91 Å². The van der Waals surface area contributed by atoms with Crippen molar-refractivity contribution in [3.63, 3.8) is 0 Å². The van der Waals surface area contributed by atoms with Gasteiger partial charge in [-0.25, -0.2) is 13.8 Å². The lowest BCUT2D eigenvalue weighted by Crippen LogP contribution is -2.60. The number of alkyl halides is 1. The third kappa shape index (κ3) is 5.32. The third-order valence-corrected chi connectivity index (χ3v) is 7.61. The molecule has 6 nitrogen and oxygen atoms in total. The Kier molecular flexibility index (Phi) is 7.40. The van der Waals surface area contributed by atoms with Gasteiger partial charge in [0, 0.05) is 5.56 Å². The van der Waals surface area contributed by atoms with Gasteiger partial charge in [0.25, 0.3) is 5.56 Å². The van der Waals surface area contributed by atoms with Crippen LogP contribution in [-0.2, 0) is 11.3 Å². The van der Waals surface area contributed by atoms with Crippen molar-refractivity contribution in [2.24, 2.45) is 0 Å². The van der Waals surface area contributed by atoms with E-state index in [2.05, 4.69) is 51.5 Å². The first-order chi connectivity index (χ1) is 16.6. The minimum Gasteiger partial charge on any atom is -0.335 e. The van der Waals surface area contributed by atoms with E-state index < -0.39 is 17.0 Å². The normalized spacial score (nSPS) is 14.7. The summed E-state index contributed by atoms with van der Waals surface area (Å²) in [5.74, 6) is 5.59. The number of rotatable bonds is 6. The molecule has 4 rings (SSSR count). The molecule has 35 heavy (non-hydrogen) atoms. The number of halogens is 3. The molecule has 0 unspecified atom stereocenters. The van der Waals surface area contributed by atoms with E-state index in [4.69, 9.17) is 0 Å². The quantitative estimate of drug-likeness (QED) is 0.420. The summed E-state index contributed by atoms with van der Waals surface area (Å²) in [4.78, 5) is 35.2. The SMILES string of the molecule is CCN(CC)CC#Cc1sc2ncn(CC(=O)N3CC(C)(F)C3)c(=O)c2c1-c1ccc(F)c(Br)c1. The van der Waals surface area contributed by atoms with Gasteiger partial charge < -0.3 is 4.90 Å². The number of amides is 1. The molecule has 1 saturated heterocycles. The highest BCUT2D eigenvalue weighted by Gasteiger charge is 2.41. The van der Waals surface area contributed by atoms with Crippen LogP contribution in [0, 0.1) is 17.7 Å².